The fourth-order valence-corrected chi connectivity index (χ4v) is 5.00. The number of thiazole rings is 1. The van der Waals surface area contributed by atoms with Crippen LogP contribution in [0.5, 0.6) is 0 Å². The van der Waals surface area contributed by atoms with Gasteiger partial charge in [0.2, 0.25) is 11.8 Å². The summed E-state index contributed by atoms with van der Waals surface area (Å²) in [4.78, 5) is 47.6. The molecule has 2 N–H and O–H groups in total. The smallest absolute Gasteiger partial charge is 0.329 e. The summed E-state index contributed by atoms with van der Waals surface area (Å²) in [5, 5.41) is 8.93. The third kappa shape index (κ3) is 5.74. The normalized spacial score (nSPS) is 27.8. The van der Waals surface area contributed by atoms with E-state index in [4.69, 9.17) is 4.74 Å². The fourth-order valence-electron chi connectivity index (χ4n) is 3.08. The predicted molar refractivity (Wildman–Crippen MR) is 122 cm³/mol. The summed E-state index contributed by atoms with van der Waals surface area (Å²) < 4.78 is 5.60. The van der Waals surface area contributed by atoms with Crippen molar-refractivity contribution in [2.24, 2.45) is 10.9 Å². The second kappa shape index (κ2) is 9.95. The van der Waals surface area contributed by atoms with Gasteiger partial charge in [0.15, 0.2) is 0 Å². The summed E-state index contributed by atoms with van der Waals surface area (Å²) in [6, 6.07) is -0.855. The number of ether oxygens (including phenoxy) is 1. The molecule has 2 aliphatic heterocycles. The van der Waals surface area contributed by atoms with Gasteiger partial charge < -0.3 is 15.4 Å². The Hall–Kier alpha value is -2.20. The van der Waals surface area contributed by atoms with Crippen molar-refractivity contribution in [2.75, 3.05) is 5.75 Å². The maximum absolute atomic E-state index is 13.1. The highest BCUT2D eigenvalue weighted by Crippen LogP contribution is 2.32. The molecule has 1 aromatic rings. The lowest BCUT2D eigenvalue weighted by Crippen LogP contribution is -2.53. The first-order valence-electron chi connectivity index (χ1n) is 10.1. The molecular weight excluding hydrogens is 436 g/mol. The van der Waals surface area contributed by atoms with E-state index in [1.807, 2.05) is 19.2 Å². The van der Waals surface area contributed by atoms with E-state index >= 15 is 0 Å². The maximum atomic E-state index is 13.1. The van der Waals surface area contributed by atoms with E-state index in [2.05, 4.69) is 27.5 Å². The lowest BCUT2D eigenvalue weighted by Gasteiger charge is -2.27. The predicted octanol–water partition coefficient (Wildman–Crippen LogP) is 2.25. The summed E-state index contributed by atoms with van der Waals surface area (Å²) in [7, 11) is 0. The molecule has 167 valence electrons. The zero-order chi connectivity index (χ0) is 22.6. The summed E-state index contributed by atoms with van der Waals surface area (Å²) >= 11 is 2.87. The van der Waals surface area contributed by atoms with Crippen molar-refractivity contribution in [1.82, 2.24) is 15.6 Å². The highest BCUT2D eigenvalue weighted by Gasteiger charge is 2.41. The molecule has 31 heavy (non-hydrogen) atoms. The van der Waals surface area contributed by atoms with E-state index in [0.717, 1.165) is 5.01 Å². The minimum absolute atomic E-state index is 0.0283. The van der Waals surface area contributed by atoms with E-state index in [0.29, 0.717) is 22.9 Å². The van der Waals surface area contributed by atoms with Crippen LogP contribution in [0.15, 0.2) is 22.5 Å². The molecule has 10 heteroatoms. The first-order valence-corrected chi connectivity index (χ1v) is 12.0. The molecular formula is C21H27N4O4S2. The Bertz CT molecular complexity index is 911. The zero-order valence-corrected chi connectivity index (χ0v) is 19.5. The first kappa shape index (κ1) is 23.5. The monoisotopic (exact) mass is 463 g/mol. The second-order valence-electron chi connectivity index (χ2n) is 7.97. The van der Waals surface area contributed by atoms with Crippen LogP contribution in [0.3, 0.4) is 0 Å². The van der Waals surface area contributed by atoms with Crippen molar-refractivity contribution in [2.45, 2.75) is 57.8 Å². The number of cyclic esters (lactones) is 1. The van der Waals surface area contributed by atoms with Crippen LogP contribution in [0.25, 0.3) is 0 Å². The molecule has 0 spiro atoms. The molecule has 4 bridgehead atoms. The number of carbonyl (C=O) groups is 3. The van der Waals surface area contributed by atoms with Gasteiger partial charge in [-0.1, -0.05) is 19.9 Å². The van der Waals surface area contributed by atoms with Crippen molar-refractivity contribution in [1.29, 1.82) is 0 Å². The number of carbonyl (C=O) groups excluding carboxylic acids is 3. The van der Waals surface area contributed by atoms with Crippen molar-refractivity contribution in [3.63, 3.8) is 0 Å². The van der Waals surface area contributed by atoms with E-state index in [1.54, 1.807) is 19.1 Å². The minimum Gasteiger partial charge on any atom is -0.456 e. The number of fused-ring (bicyclic) bond motifs is 4. The highest BCUT2D eigenvalue weighted by atomic mass is 32.2. The van der Waals surface area contributed by atoms with Gasteiger partial charge in [-0.05, 0) is 32.3 Å². The molecule has 0 unspecified atom stereocenters. The molecule has 1 aromatic heterocycles. The van der Waals surface area contributed by atoms with Crippen LogP contribution >= 0.6 is 23.1 Å². The van der Waals surface area contributed by atoms with E-state index < -0.39 is 23.7 Å². The van der Waals surface area contributed by atoms with Crippen LogP contribution in [0.2, 0.25) is 0 Å². The van der Waals surface area contributed by atoms with Crippen molar-refractivity contribution in [3.8, 4) is 0 Å². The van der Waals surface area contributed by atoms with E-state index in [9.17, 15) is 14.4 Å². The fraction of sp³-hybridized carbons (Fsp3) is 0.524. The quantitative estimate of drug-likeness (QED) is 0.526. The molecule has 2 amide bonds. The Balaban J connectivity index is 1.93. The van der Waals surface area contributed by atoms with E-state index in [1.165, 1.54) is 23.1 Å². The number of thioether (sulfide) groups is 1. The molecule has 3 atom stereocenters. The van der Waals surface area contributed by atoms with Crippen molar-refractivity contribution >= 4 is 45.9 Å². The van der Waals surface area contributed by atoms with Crippen LogP contribution in [0.4, 0.5) is 0 Å². The molecule has 1 radical (unpaired) electrons. The molecule has 2 aliphatic rings. The van der Waals surface area contributed by atoms with Crippen LogP contribution in [-0.4, -0.2) is 51.2 Å². The number of hydrogen-bond donors (Lipinski definition) is 2. The Morgan fingerprint density at radius 3 is 2.87 bits per heavy atom. The number of rotatable bonds is 3. The number of allylic oxidation sites excluding steroid dienone is 1. The summed E-state index contributed by atoms with van der Waals surface area (Å²) in [6.07, 6.45) is 3.11. The highest BCUT2D eigenvalue weighted by molar-refractivity contribution is 8.14. The van der Waals surface area contributed by atoms with Crippen molar-refractivity contribution < 1.29 is 19.1 Å². The van der Waals surface area contributed by atoms with Gasteiger partial charge in [-0.3, -0.25) is 14.6 Å². The number of esters is 1. The number of amides is 2. The largest absolute Gasteiger partial charge is 0.456 e. The molecule has 8 nitrogen and oxygen atoms in total. The summed E-state index contributed by atoms with van der Waals surface area (Å²) in [6.45, 7) is 9.42. The summed E-state index contributed by atoms with van der Waals surface area (Å²) in [5.41, 5.74) is -0.311. The number of hydrogen-bond acceptors (Lipinski definition) is 8. The molecule has 3 rings (SSSR count). The van der Waals surface area contributed by atoms with Crippen LogP contribution in [0.1, 0.15) is 44.3 Å². The van der Waals surface area contributed by atoms with Gasteiger partial charge in [-0.15, -0.1) is 23.1 Å². The van der Waals surface area contributed by atoms with Crippen LogP contribution < -0.4 is 10.6 Å². The van der Waals surface area contributed by atoms with Crippen LogP contribution in [-0.2, 0) is 25.7 Å². The second-order valence-corrected chi connectivity index (χ2v) is 9.88. The topological polar surface area (TPSA) is 110 Å². The first-order chi connectivity index (χ1) is 14.7. The molecule has 0 saturated carbocycles. The van der Waals surface area contributed by atoms with Gasteiger partial charge in [-0.2, -0.15) is 0 Å². The Kier molecular flexibility index (Phi) is 7.53. The standard InChI is InChI=1S/C21H27N4O4S2/c1-5-6-7-13-8-15(26)22-9-16-23-14(10-30-16)18-25-21(4,11-31-18)20(28)24-17(12(2)3)19(27)29-13/h6-7,10,12-13,17H,1,5,8-9,11H2,2-4H3,(H,22,26)(H,24,28)/b7-6+/t13-,17+,21+/m1/s1. The third-order valence-corrected chi connectivity index (χ3v) is 7.04. The molecule has 0 aromatic carbocycles. The lowest BCUT2D eigenvalue weighted by molar-refractivity contribution is -0.153. The average molecular weight is 464 g/mol. The molecule has 0 fully saturated rings. The van der Waals surface area contributed by atoms with Crippen LogP contribution in [0, 0.1) is 12.8 Å². The summed E-state index contributed by atoms with van der Waals surface area (Å²) in [5.74, 6) is -0.935. The molecule has 3 heterocycles. The molecule has 0 saturated heterocycles. The Morgan fingerprint density at radius 1 is 1.39 bits per heavy atom. The van der Waals surface area contributed by atoms with Gasteiger partial charge in [-0.25, -0.2) is 9.78 Å². The minimum atomic E-state index is -1.00. The zero-order valence-electron chi connectivity index (χ0n) is 17.8. The third-order valence-electron chi connectivity index (χ3n) is 4.91. The van der Waals surface area contributed by atoms with E-state index in [-0.39, 0.29) is 30.7 Å². The van der Waals surface area contributed by atoms with Gasteiger partial charge in [0, 0.05) is 11.1 Å². The maximum Gasteiger partial charge on any atom is 0.329 e. The average Bonchev–Trinajstić information content (AvgIpc) is 3.35. The number of nitrogens with zero attached hydrogens (tertiary/aromatic N) is 2. The lowest BCUT2D eigenvalue weighted by atomic mass is 10.0. The Morgan fingerprint density at radius 2 is 2.16 bits per heavy atom. The van der Waals surface area contributed by atoms with Gasteiger partial charge in [0.1, 0.15) is 33.4 Å². The number of aliphatic imine (C=N–C) groups is 1. The van der Waals surface area contributed by atoms with Gasteiger partial charge in [0.25, 0.3) is 0 Å². The SMILES string of the molecule is [CH2]C/C=C/[C@@H]1CC(=O)NCc2nc(cs2)C2=N[C@@](C)(CS2)C(=O)N[C@@H](C(C)C)C(=O)O1. The Labute approximate surface area is 190 Å². The van der Waals surface area contributed by atoms with Gasteiger partial charge in [0.05, 0.1) is 13.0 Å². The van der Waals surface area contributed by atoms with Gasteiger partial charge >= 0.3 is 5.97 Å². The molecule has 0 aliphatic carbocycles. The number of aromatic nitrogens is 1. The van der Waals surface area contributed by atoms with Crippen molar-refractivity contribution in [3.05, 3.63) is 35.2 Å². The number of nitrogens with one attached hydrogen (secondary N) is 2.